The van der Waals surface area contributed by atoms with Crippen molar-refractivity contribution in [3.8, 4) is 0 Å². The first-order valence-corrected chi connectivity index (χ1v) is 10.9. The van der Waals surface area contributed by atoms with Gasteiger partial charge in [0.15, 0.2) is 5.82 Å². The van der Waals surface area contributed by atoms with Gasteiger partial charge in [-0.2, -0.15) is 4.98 Å². The monoisotopic (exact) mass is 368 g/mol. The molecule has 8 nitrogen and oxygen atoms in total. The van der Waals surface area contributed by atoms with E-state index in [-0.39, 0.29) is 17.9 Å². The standard InChI is InChI=1S/C16H24N4O4S/c1-25(22,23)19-9-6-12(7-10-19)16(21)20-8-2-3-13(20)15-17-14(18-24-15)11-4-5-11/h11-13H,2-10H2,1H3. The third-order valence-electron chi connectivity index (χ3n) is 5.49. The second-order valence-corrected chi connectivity index (χ2v) is 9.37. The molecule has 1 aromatic heterocycles. The number of rotatable bonds is 4. The van der Waals surface area contributed by atoms with E-state index in [0.29, 0.717) is 44.3 Å². The summed E-state index contributed by atoms with van der Waals surface area (Å²) in [6.07, 6.45) is 6.38. The molecule has 0 aromatic carbocycles. The van der Waals surface area contributed by atoms with Gasteiger partial charge >= 0.3 is 0 Å². The third-order valence-corrected chi connectivity index (χ3v) is 6.80. The van der Waals surface area contributed by atoms with Gasteiger partial charge in [-0.1, -0.05) is 5.16 Å². The lowest BCUT2D eigenvalue weighted by Gasteiger charge is -2.33. The van der Waals surface area contributed by atoms with E-state index in [0.717, 1.165) is 31.5 Å². The first-order chi connectivity index (χ1) is 11.9. The maximum Gasteiger partial charge on any atom is 0.249 e. The van der Waals surface area contributed by atoms with Gasteiger partial charge in [0, 0.05) is 31.5 Å². The summed E-state index contributed by atoms with van der Waals surface area (Å²) in [7, 11) is -3.17. The predicted molar refractivity (Wildman–Crippen MR) is 89.1 cm³/mol. The highest BCUT2D eigenvalue weighted by Crippen LogP contribution is 2.40. The summed E-state index contributed by atoms with van der Waals surface area (Å²) >= 11 is 0. The average Bonchev–Trinajstić information content (AvgIpc) is 3.12. The molecular weight excluding hydrogens is 344 g/mol. The number of hydrogen-bond donors (Lipinski definition) is 0. The SMILES string of the molecule is CS(=O)(=O)N1CCC(C(=O)N2CCCC2c2nc(C3CC3)no2)CC1. The molecule has 1 aromatic rings. The number of piperidine rings is 1. The van der Waals surface area contributed by atoms with Crippen LogP contribution in [0.5, 0.6) is 0 Å². The Bertz CT molecular complexity index is 750. The zero-order valence-electron chi connectivity index (χ0n) is 14.4. The topological polar surface area (TPSA) is 96.6 Å². The van der Waals surface area contributed by atoms with E-state index >= 15 is 0 Å². The molecule has 138 valence electrons. The lowest BCUT2D eigenvalue weighted by molar-refractivity contribution is -0.138. The first kappa shape index (κ1) is 17.0. The maximum atomic E-state index is 13.0. The van der Waals surface area contributed by atoms with Gasteiger partial charge in [-0.3, -0.25) is 4.79 Å². The Morgan fingerprint density at radius 3 is 2.48 bits per heavy atom. The van der Waals surface area contributed by atoms with Gasteiger partial charge < -0.3 is 9.42 Å². The molecule has 2 aliphatic heterocycles. The van der Waals surface area contributed by atoms with Crippen LogP contribution < -0.4 is 0 Å². The van der Waals surface area contributed by atoms with Gasteiger partial charge in [0.2, 0.25) is 21.8 Å². The third kappa shape index (κ3) is 3.44. The summed E-state index contributed by atoms with van der Waals surface area (Å²) in [5.41, 5.74) is 0. The van der Waals surface area contributed by atoms with Crippen LogP contribution in [0.1, 0.15) is 62.2 Å². The normalized spacial score (nSPS) is 26.3. The predicted octanol–water partition coefficient (Wildman–Crippen LogP) is 1.28. The quantitative estimate of drug-likeness (QED) is 0.794. The van der Waals surface area contributed by atoms with E-state index in [9.17, 15) is 13.2 Å². The largest absolute Gasteiger partial charge is 0.337 e. The van der Waals surface area contributed by atoms with Crippen LogP contribution >= 0.6 is 0 Å². The van der Waals surface area contributed by atoms with Gasteiger partial charge in [-0.15, -0.1) is 0 Å². The van der Waals surface area contributed by atoms with Crippen molar-refractivity contribution in [2.45, 2.75) is 50.5 Å². The molecule has 25 heavy (non-hydrogen) atoms. The molecule has 1 saturated carbocycles. The molecule has 3 heterocycles. The second kappa shape index (κ2) is 6.35. The number of likely N-dealkylation sites (tertiary alicyclic amines) is 1. The molecule has 0 bridgehead atoms. The molecule has 9 heteroatoms. The van der Waals surface area contributed by atoms with E-state index < -0.39 is 10.0 Å². The summed E-state index contributed by atoms with van der Waals surface area (Å²) in [4.78, 5) is 19.3. The highest BCUT2D eigenvalue weighted by Gasteiger charge is 2.39. The van der Waals surface area contributed by atoms with Gasteiger partial charge in [-0.25, -0.2) is 12.7 Å². The summed E-state index contributed by atoms with van der Waals surface area (Å²) in [6.45, 7) is 1.54. The lowest BCUT2D eigenvalue weighted by atomic mass is 9.96. The molecule has 1 aliphatic carbocycles. The molecule has 3 aliphatic rings. The number of carbonyl (C=O) groups excluding carboxylic acids is 1. The summed E-state index contributed by atoms with van der Waals surface area (Å²) in [5, 5.41) is 4.07. The van der Waals surface area contributed by atoms with Crippen molar-refractivity contribution in [3.05, 3.63) is 11.7 Å². The number of sulfonamides is 1. The molecule has 0 radical (unpaired) electrons. The van der Waals surface area contributed by atoms with E-state index in [2.05, 4.69) is 10.1 Å². The lowest BCUT2D eigenvalue weighted by Crippen LogP contribution is -2.44. The van der Waals surface area contributed by atoms with E-state index in [1.807, 2.05) is 4.90 Å². The Labute approximate surface area is 147 Å². The summed E-state index contributed by atoms with van der Waals surface area (Å²) in [5.74, 6) is 1.74. The van der Waals surface area contributed by atoms with Crippen molar-refractivity contribution < 1.29 is 17.7 Å². The minimum absolute atomic E-state index is 0.0989. The number of amides is 1. The van der Waals surface area contributed by atoms with Crippen LogP contribution in [0.4, 0.5) is 0 Å². The fourth-order valence-corrected chi connectivity index (χ4v) is 4.72. The first-order valence-electron chi connectivity index (χ1n) is 9.02. The summed E-state index contributed by atoms with van der Waals surface area (Å²) in [6, 6.07) is -0.125. The Morgan fingerprint density at radius 2 is 1.84 bits per heavy atom. The molecule has 1 atom stereocenters. The van der Waals surface area contributed by atoms with Crippen LogP contribution in [-0.4, -0.2) is 59.6 Å². The van der Waals surface area contributed by atoms with Crippen LogP contribution in [0.25, 0.3) is 0 Å². The second-order valence-electron chi connectivity index (χ2n) is 7.39. The van der Waals surface area contributed by atoms with E-state index in [1.165, 1.54) is 10.6 Å². The zero-order chi connectivity index (χ0) is 17.6. The number of nitrogens with zero attached hydrogens (tertiary/aromatic N) is 4. The van der Waals surface area contributed by atoms with Crippen molar-refractivity contribution in [3.63, 3.8) is 0 Å². The van der Waals surface area contributed by atoms with E-state index in [4.69, 9.17) is 4.52 Å². The molecule has 1 unspecified atom stereocenters. The van der Waals surface area contributed by atoms with Gasteiger partial charge in [0.05, 0.1) is 6.26 Å². The van der Waals surface area contributed by atoms with Gasteiger partial charge in [0.1, 0.15) is 6.04 Å². The molecule has 0 spiro atoms. The minimum Gasteiger partial charge on any atom is -0.337 e. The zero-order valence-corrected chi connectivity index (χ0v) is 15.2. The van der Waals surface area contributed by atoms with Crippen molar-refractivity contribution >= 4 is 15.9 Å². The molecule has 3 fully saturated rings. The van der Waals surface area contributed by atoms with Crippen LogP contribution in [0.15, 0.2) is 4.52 Å². The Kier molecular flexibility index (Phi) is 4.31. The minimum atomic E-state index is -3.17. The Hall–Kier alpha value is -1.48. The number of hydrogen-bond acceptors (Lipinski definition) is 6. The van der Waals surface area contributed by atoms with Crippen molar-refractivity contribution in [1.82, 2.24) is 19.3 Å². The average molecular weight is 368 g/mol. The molecular formula is C16H24N4O4S. The fourth-order valence-electron chi connectivity index (χ4n) is 3.85. The highest BCUT2D eigenvalue weighted by atomic mass is 32.2. The molecule has 2 saturated heterocycles. The number of aromatic nitrogens is 2. The molecule has 4 rings (SSSR count). The van der Waals surface area contributed by atoms with Crippen LogP contribution in [-0.2, 0) is 14.8 Å². The van der Waals surface area contributed by atoms with Crippen molar-refractivity contribution in [2.24, 2.45) is 5.92 Å². The van der Waals surface area contributed by atoms with Crippen molar-refractivity contribution in [1.29, 1.82) is 0 Å². The van der Waals surface area contributed by atoms with Crippen LogP contribution in [0.3, 0.4) is 0 Å². The maximum absolute atomic E-state index is 13.0. The van der Waals surface area contributed by atoms with Crippen molar-refractivity contribution in [2.75, 3.05) is 25.9 Å². The highest BCUT2D eigenvalue weighted by molar-refractivity contribution is 7.88. The van der Waals surface area contributed by atoms with Crippen LogP contribution in [0.2, 0.25) is 0 Å². The van der Waals surface area contributed by atoms with Crippen LogP contribution in [0, 0.1) is 5.92 Å². The van der Waals surface area contributed by atoms with Gasteiger partial charge in [0.25, 0.3) is 0 Å². The summed E-state index contributed by atoms with van der Waals surface area (Å²) < 4.78 is 30.1. The Morgan fingerprint density at radius 1 is 1.12 bits per heavy atom. The smallest absolute Gasteiger partial charge is 0.249 e. The van der Waals surface area contributed by atoms with E-state index in [1.54, 1.807) is 0 Å². The Balaban J connectivity index is 1.42. The number of carbonyl (C=O) groups is 1. The fraction of sp³-hybridized carbons (Fsp3) is 0.812. The van der Waals surface area contributed by atoms with Gasteiger partial charge in [-0.05, 0) is 38.5 Å². The molecule has 0 N–H and O–H groups in total. The molecule has 1 amide bonds.